The molecule has 0 rings (SSSR count). The van der Waals surface area contributed by atoms with Crippen LogP contribution in [0.15, 0.2) is 0 Å². The van der Waals surface area contributed by atoms with Gasteiger partial charge in [0.25, 0.3) is 0 Å². The molecule has 2 amide bonds. The Hall–Kier alpha value is -0.710. The van der Waals surface area contributed by atoms with Crippen LogP contribution in [0, 0.1) is 0 Å². The smallest absolute Gasteiger partial charge is 0.218 e. The van der Waals surface area contributed by atoms with E-state index in [0.29, 0.717) is 24.3 Å². The summed E-state index contributed by atoms with van der Waals surface area (Å²) in [5.41, 5.74) is 9.78. The maximum atomic E-state index is 10.2. The highest BCUT2D eigenvalue weighted by Crippen LogP contribution is 2.03. The topological polar surface area (TPSA) is 86.2 Å². The third kappa shape index (κ3) is 9.29. The van der Waals surface area contributed by atoms with Crippen molar-refractivity contribution in [3.63, 3.8) is 0 Å². The van der Waals surface area contributed by atoms with Crippen LogP contribution in [0.25, 0.3) is 0 Å². The Morgan fingerprint density at radius 1 is 1.00 bits per heavy atom. The number of nitrogens with two attached hydrogens (primary N) is 2. The zero-order chi connectivity index (χ0) is 8.69. The Morgan fingerprint density at radius 2 is 1.36 bits per heavy atom. The van der Waals surface area contributed by atoms with E-state index in [2.05, 4.69) is 0 Å². The maximum Gasteiger partial charge on any atom is 0.218 e. The van der Waals surface area contributed by atoms with Crippen molar-refractivity contribution in [3.05, 3.63) is 0 Å². The predicted molar refractivity (Wildman–Crippen MR) is 44.9 cm³/mol. The molecule has 0 fully saturated rings. The molecule has 0 saturated heterocycles. The first-order chi connectivity index (χ1) is 5.13. The summed E-state index contributed by atoms with van der Waals surface area (Å²) in [7, 11) is 0. The maximum absolute atomic E-state index is 10.2. The minimum atomic E-state index is -0.309. The minimum Gasteiger partial charge on any atom is -0.370 e. The molecule has 0 aromatic carbocycles. The molecule has 0 radical (unpaired) electrons. The van der Waals surface area contributed by atoms with Crippen LogP contribution in [0.1, 0.15) is 12.8 Å². The number of carbonyl (C=O) groups is 2. The molecule has 0 aliphatic carbocycles. The van der Waals surface area contributed by atoms with Crippen LogP contribution in [0.5, 0.6) is 0 Å². The molecular weight excluding hydrogens is 164 g/mol. The van der Waals surface area contributed by atoms with Crippen molar-refractivity contribution in [3.8, 4) is 0 Å². The second kappa shape index (κ2) is 6.03. The van der Waals surface area contributed by atoms with Gasteiger partial charge in [0.15, 0.2) is 0 Å². The number of carbonyl (C=O) groups excluding carboxylic acids is 2. The molecule has 4 nitrogen and oxygen atoms in total. The van der Waals surface area contributed by atoms with Crippen molar-refractivity contribution < 1.29 is 9.59 Å². The van der Waals surface area contributed by atoms with E-state index in [9.17, 15) is 9.59 Å². The van der Waals surface area contributed by atoms with E-state index in [-0.39, 0.29) is 11.8 Å². The fourth-order valence-corrected chi connectivity index (χ4v) is 1.34. The van der Waals surface area contributed by atoms with Gasteiger partial charge in [0, 0.05) is 24.3 Å². The van der Waals surface area contributed by atoms with Gasteiger partial charge < -0.3 is 11.5 Å². The number of thioether (sulfide) groups is 1. The second-order valence-corrected chi connectivity index (χ2v) is 3.27. The first-order valence-electron chi connectivity index (χ1n) is 3.27. The number of rotatable bonds is 6. The van der Waals surface area contributed by atoms with Gasteiger partial charge in [-0.25, -0.2) is 0 Å². The molecule has 0 aliphatic rings. The van der Waals surface area contributed by atoms with E-state index in [4.69, 9.17) is 11.5 Å². The highest BCUT2D eigenvalue weighted by molar-refractivity contribution is 7.99. The lowest BCUT2D eigenvalue weighted by Crippen LogP contribution is -2.13. The van der Waals surface area contributed by atoms with Gasteiger partial charge in [-0.1, -0.05) is 0 Å². The predicted octanol–water partition coefficient (Wildman–Crippen LogP) is -0.530. The molecule has 0 unspecified atom stereocenters. The third-order valence-corrected chi connectivity index (χ3v) is 1.97. The van der Waals surface area contributed by atoms with E-state index in [1.54, 1.807) is 0 Å². The lowest BCUT2D eigenvalue weighted by Gasteiger charge is -1.95. The monoisotopic (exact) mass is 176 g/mol. The standard InChI is InChI=1S/C6H12N2O2S/c7-5(9)1-3-11-4-2-6(8)10/h1-4H2,(H2,7,9)(H2,8,10). The molecule has 0 saturated carbocycles. The Balaban J connectivity index is 3.03. The average molecular weight is 176 g/mol. The molecule has 11 heavy (non-hydrogen) atoms. The van der Waals surface area contributed by atoms with Crippen LogP contribution in [0.3, 0.4) is 0 Å². The fourth-order valence-electron chi connectivity index (χ4n) is 0.448. The van der Waals surface area contributed by atoms with Gasteiger partial charge in [0.2, 0.25) is 11.8 Å². The molecule has 4 N–H and O–H groups in total. The van der Waals surface area contributed by atoms with Gasteiger partial charge in [0.1, 0.15) is 0 Å². The summed E-state index contributed by atoms with van der Waals surface area (Å²) in [5, 5.41) is 0. The minimum absolute atomic E-state index is 0.309. The Kier molecular flexibility index (Phi) is 5.64. The van der Waals surface area contributed by atoms with Crippen molar-refractivity contribution in [2.75, 3.05) is 11.5 Å². The Morgan fingerprint density at radius 3 is 1.64 bits per heavy atom. The number of amides is 2. The highest BCUT2D eigenvalue weighted by atomic mass is 32.2. The van der Waals surface area contributed by atoms with Crippen LogP contribution < -0.4 is 11.5 Å². The largest absolute Gasteiger partial charge is 0.370 e. The molecule has 5 heteroatoms. The summed E-state index contributed by atoms with van der Waals surface area (Å²) >= 11 is 1.51. The van der Waals surface area contributed by atoms with Crippen molar-refractivity contribution >= 4 is 23.6 Å². The highest BCUT2D eigenvalue weighted by Gasteiger charge is 1.96. The zero-order valence-corrected chi connectivity index (χ0v) is 7.02. The first kappa shape index (κ1) is 10.3. The van der Waals surface area contributed by atoms with Crippen molar-refractivity contribution in [1.29, 1.82) is 0 Å². The van der Waals surface area contributed by atoms with E-state index in [1.807, 2.05) is 0 Å². The lowest BCUT2D eigenvalue weighted by atomic mass is 10.5. The molecule has 64 valence electrons. The lowest BCUT2D eigenvalue weighted by molar-refractivity contribution is -0.118. The van der Waals surface area contributed by atoms with Gasteiger partial charge in [-0.2, -0.15) is 11.8 Å². The molecule has 0 atom stereocenters. The fraction of sp³-hybridized carbons (Fsp3) is 0.667. The van der Waals surface area contributed by atoms with Crippen LogP contribution in [-0.2, 0) is 9.59 Å². The van der Waals surface area contributed by atoms with Crippen molar-refractivity contribution in [2.45, 2.75) is 12.8 Å². The van der Waals surface area contributed by atoms with Gasteiger partial charge in [0.05, 0.1) is 0 Å². The molecule has 0 aliphatic heterocycles. The normalized spacial score (nSPS) is 9.45. The van der Waals surface area contributed by atoms with Gasteiger partial charge in [-0.15, -0.1) is 0 Å². The number of hydrogen-bond acceptors (Lipinski definition) is 3. The first-order valence-corrected chi connectivity index (χ1v) is 4.42. The third-order valence-electron chi connectivity index (χ3n) is 0.986. The van der Waals surface area contributed by atoms with Crippen LogP contribution in [0.4, 0.5) is 0 Å². The van der Waals surface area contributed by atoms with Crippen LogP contribution >= 0.6 is 11.8 Å². The van der Waals surface area contributed by atoms with Crippen molar-refractivity contribution in [1.82, 2.24) is 0 Å². The summed E-state index contributed by atoms with van der Waals surface area (Å²) in [6.45, 7) is 0. The molecule has 0 aromatic heterocycles. The summed E-state index contributed by atoms with van der Waals surface area (Å²) in [6.07, 6.45) is 0.729. The van der Waals surface area contributed by atoms with E-state index >= 15 is 0 Å². The molecule has 0 bridgehead atoms. The van der Waals surface area contributed by atoms with Gasteiger partial charge in [-0.3, -0.25) is 9.59 Å². The summed E-state index contributed by atoms with van der Waals surface area (Å²) < 4.78 is 0. The quantitative estimate of drug-likeness (QED) is 0.533. The average Bonchev–Trinajstić information content (AvgIpc) is 1.85. The summed E-state index contributed by atoms with van der Waals surface area (Å²) in [5.74, 6) is 0.721. The van der Waals surface area contributed by atoms with Crippen LogP contribution in [0.2, 0.25) is 0 Å². The van der Waals surface area contributed by atoms with E-state index < -0.39 is 0 Å². The number of primary amides is 2. The summed E-state index contributed by atoms with van der Waals surface area (Å²) in [6, 6.07) is 0. The van der Waals surface area contributed by atoms with E-state index in [0.717, 1.165) is 0 Å². The zero-order valence-electron chi connectivity index (χ0n) is 6.21. The Bertz CT molecular complexity index is 134. The van der Waals surface area contributed by atoms with Gasteiger partial charge in [-0.05, 0) is 0 Å². The summed E-state index contributed by atoms with van der Waals surface area (Å²) in [4.78, 5) is 20.4. The second-order valence-electron chi connectivity index (χ2n) is 2.04. The van der Waals surface area contributed by atoms with Crippen molar-refractivity contribution in [2.24, 2.45) is 11.5 Å². The van der Waals surface area contributed by atoms with Gasteiger partial charge >= 0.3 is 0 Å². The molecule has 0 spiro atoms. The number of hydrogen-bond donors (Lipinski definition) is 2. The SMILES string of the molecule is NC(=O)CCSCCC(N)=O. The Labute approximate surface area is 69.7 Å². The molecule has 0 heterocycles. The molecular formula is C6H12N2O2S. The van der Waals surface area contributed by atoms with Crippen LogP contribution in [-0.4, -0.2) is 23.3 Å². The van der Waals surface area contributed by atoms with E-state index in [1.165, 1.54) is 11.8 Å². The molecule has 0 aromatic rings.